The van der Waals surface area contributed by atoms with Crippen LogP contribution in [0.3, 0.4) is 0 Å². The van der Waals surface area contributed by atoms with Crippen LogP contribution in [0.25, 0.3) is 10.8 Å². The van der Waals surface area contributed by atoms with Crippen molar-refractivity contribution in [2.75, 3.05) is 17.2 Å². The third-order valence-electron chi connectivity index (χ3n) is 5.53. The number of anilines is 3. The predicted octanol–water partition coefficient (Wildman–Crippen LogP) is 4.70. The first kappa shape index (κ1) is 20.8. The van der Waals surface area contributed by atoms with Gasteiger partial charge in [0.25, 0.3) is 0 Å². The number of nitrogens with one attached hydrogen (secondary N) is 2. The highest BCUT2D eigenvalue weighted by Crippen LogP contribution is 2.32. The van der Waals surface area contributed by atoms with Gasteiger partial charge in [-0.2, -0.15) is 0 Å². The molecule has 6 nitrogen and oxygen atoms in total. The summed E-state index contributed by atoms with van der Waals surface area (Å²) in [5.74, 6) is -0.622. The molecule has 1 aliphatic rings. The van der Waals surface area contributed by atoms with Crippen LogP contribution in [0.5, 0.6) is 0 Å². The SMILES string of the molecule is CC(C)C(=O)N1CCC[C@@H]1C(=O)Nc1ccc(Nc2ccc(F)cc2)c2ccncc12. The highest BCUT2D eigenvalue weighted by molar-refractivity contribution is 6.08. The quantitative estimate of drug-likeness (QED) is 0.627. The van der Waals surface area contributed by atoms with Gasteiger partial charge in [0.05, 0.1) is 5.69 Å². The number of pyridine rings is 1. The molecule has 2 heterocycles. The molecule has 0 unspecified atom stereocenters. The lowest BCUT2D eigenvalue weighted by molar-refractivity contribution is -0.139. The fourth-order valence-corrected chi connectivity index (χ4v) is 3.95. The van der Waals surface area contributed by atoms with E-state index < -0.39 is 6.04 Å². The number of aromatic nitrogens is 1. The first-order valence-corrected chi connectivity index (χ1v) is 10.4. The number of halogens is 1. The number of hydrogen-bond donors (Lipinski definition) is 2. The van der Waals surface area contributed by atoms with Gasteiger partial charge in [-0.05, 0) is 55.3 Å². The molecular formula is C24H25FN4O2. The van der Waals surface area contributed by atoms with Crippen molar-refractivity contribution in [1.82, 2.24) is 9.88 Å². The molecule has 0 radical (unpaired) electrons. The van der Waals surface area contributed by atoms with Gasteiger partial charge in [-0.1, -0.05) is 13.8 Å². The summed E-state index contributed by atoms with van der Waals surface area (Å²) in [6, 6.07) is 11.2. The Labute approximate surface area is 180 Å². The largest absolute Gasteiger partial charge is 0.355 e. The molecule has 1 fully saturated rings. The van der Waals surface area contributed by atoms with Gasteiger partial charge in [0.15, 0.2) is 0 Å². The fourth-order valence-electron chi connectivity index (χ4n) is 3.95. The highest BCUT2D eigenvalue weighted by Gasteiger charge is 2.35. The van der Waals surface area contributed by atoms with E-state index in [0.717, 1.165) is 28.6 Å². The Morgan fingerprint density at radius 1 is 1.06 bits per heavy atom. The molecule has 0 saturated carbocycles. The molecule has 4 rings (SSSR count). The number of nitrogens with zero attached hydrogens (tertiary/aromatic N) is 2. The summed E-state index contributed by atoms with van der Waals surface area (Å²) >= 11 is 0. The summed E-state index contributed by atoms with van der Waals surface area (Å²) in [6.45, 7) is 4.31. The average Bonchev–Trinajstić information content (AvgIpc) is 3.26. The number of benzene rings is 2. The van der Waals surface area contributed by atoms with Gasteiger partial charge in [0, 0.05) is 47.0 Å². The van der Waals surface area contributed by atoms with Gasteiger partial charge < -0.3 is 15.5 Å². The van der Waals surface area contributed by atoms with Crippen LogP contribution in [-0.2, 0) is 9.59 Å². The van der Waals surface area contributed by atoms with Gasteiger partial charge in [0.2, 0.25) is 11.8 Å². The maximum absolute atomic E-state index is 13.2. The minimum absolute atomic E-state index is 0.00280. The van der Waals surface area contributed by atoms with Crippen molar-refractivity contribution in [3.63, 3.8) is 0 Å². The monoisotopic (exact) mass is 420 g/mol. The third-order valence-corrected chi connectivity index (χ3v) is 5.53. The summed E-state index contributed by atoms with van der Waals surface area (Å²) in [4.78, 5) is 31.4. The highest BCUT2D eigenvalue weighted by atomic mass is 19.1. The molecule has 160 valence electrons. The molecule has 2 amide bonds. The van der Waals surface area contributed by atoms with Crippen molar-refractivity contribution in [2.45, 2.75) is 32.7 Å². The molecule has 0 aliphatic carbocycles. The van der Waals surface area contributed by atoms with E-state index in [2.05, 4.69) is 15.6 Å². The van der Waals surface area contributed by atoms with E-state index in [0.29, 0.717) is 18.7 Å². The molecule has 3 aromatic rings. The van der Waals surface area contributed by atoms with Crippen LogP contribution in [0.4, 0.5) is 21.5 Å². The van der Waals surface area contributed by atoms with Crippen molar-refractivity contribution < 1.29 is 14.0 Å². The van der Waals surface area contributed by atoms with Crippen molar-refractivity contribution in [1.29, 1.82) is 0 Å². The average molecular weight is 420 g/mol. The Morgan fingerprint density at radius 3 is 2.55 bits per heavy atom. The molecule has 31 heavy (non-hydrogen) atoms. The summed E-state index contributed by atoms with van der Waals surface area (Å²) < 4.78 is 13.2. The lowest BCUT2D eigenvalue weighted by Gasteiger charge is -2.26. The van der Waals surface area contributed by atoms with Crippen LogP contribution in [0.15, 0.2) is 54.9 Å². The van der Waals surface area contributed by atoms with E-state index in [-0.39, 0.29) is 23.5 Å². The van der Waals surface area contributed by atoms with Gasteiger partial charge >= 0.3 is 0 Å². The summed E-state index contributed by atoms with van der Waals surface area (Å²) in [5, 5.41) is 7.94. The van der Waals surface area contributed by atoms with E-state index in [4.69, 9.17) is 0 Å². The second-order valence-corrected chi connectivity index (χ2v) is 8.05. The molecule has 1 aliphatic heterocycles. The van der Waals surface area contributed by atoms with Gasteiger partial charge in [-0.3, -0.25) is 14.6 Å². The maximum Gasteiger partial charge on any atom is 0.247 e. The van der Waals surface area contributed by atoms with Gasteiger partial charge in [-0.15, -0.1) is 0 Å². The van der Waals surface area contributed by atoms with Crippen molar-refractivity contribution in [3.05, 3.63) is 60.7 Å². The van der Waals surface area contributed by atoms with E-state index in [9.17, 15) is 14.0 Å². The first-order chi connectivity index (χ1) is 14.9. The normalized spacial score (nSPS) is 16.0. The second kappa shape index (κ2) is 8.71. The van der Waals surface area contributed by atoms with Gasteiger partial charge in [-0.25, -0.2) is 4.39 Å². The molecule has 7 heteroatoms. The van der Waals surface area contributed by atoms with Crippen LogP contribution >= 0.6 is 0 Å². The second-order valence-electron chi connectivity index (χ2n) is 8.05. The standard InChI is InChI=1S/C24H25FN4O2/c1-15(2)24(31)29-13-3-4-22(29)23(30)28-21-10-9-20(18-11-12-26-14-19(18)21)27-17-7-5-16(25)6-8-17/h5-12,14-15,22,27H,3-4,13H2,1-2H3,(H,28,30)/t22-/m1/s1. The number of carbonyl (C=O) groups excluding carboxylic acids is 2. The number of carbonyl (C=O) groups is 2. The lowest BCUT2D eigenvalue weighted by atomic mass is 10.1. The molecule has 2 aromatic carbocycles. The van der Waals surface area contributed by atoms with E-state index in [1.807, 2.05) is 32.0 Å². The van der Waals surface area contributed by atoms with Crippen molar-refractivity contribution >= 4 is 39.6 Å². The molecular weight excluding hydrogens is 395 g/mol. The Balaban J connectivity index is 1.59. The minimum atomic E-state index is -0.460. The van der Waals surface area contributed by atoms with E-state index in [1.54, 1.807) is 29.4 Å². The number of likely N-dealkylation sites (tertiary alicyclic amines) is 1. The smallest absolute Gasteiger partial charge is 0.247 e. The Bertz CT molecular complexity index is 1110. The van der Waals surface area contributed by atoms with Crippen molar-refractivity contribution in [3.8, 4) is 0 Å². The van der Waals surface area contributed by atoms with E-state index in [1.165, 1.54) is 12.1 Å². The fraction of sp³-hybridized carbons (Fsp3) is 0.292. The van der Waals surface area contributed by atoms with Crippen molar-refractivity contribution in [2.24, 2.45) is 5.92 Å². The zero-order chi connectivity index (χ0) is 22.0. The van der Waals surface area contributed by atoms with Gasteiger partial charge in [0.1, 0.15) is 11.9 Å². The summed E-state index contributed by atoms with van der Waals surface area (Å²) in [7, 11) is 0. The number of hydrogen-bond acceptors (Lipinski definition) is 4. The number of fused-ring (bicyclic) bond motifs is 1. The summed E-state index contributed by atoms with van der Waals surface area (Å²) in [5.41, 5.74) is 2.21. The lowest BCUT2D eigenvalue weighted by Crippen LogP contribution is -2.44. The molecule has 0 bridgehead atoms. The topological polar surface area (TPSA) is 74.3 Å². The van der Waals surface area contributed by atoms with Crippen LogP contribution in [-0.4, -0.2) is 34.3 Å². The molecule has 1 atom stereocenters. The Morgan fingerprint density at radius 2 is 1.81 bits per heavy atom. The molecule has 2 N–H and O–H groups in total. The van der Waals surface area contributed by atoms with Crippen LogP contribution in [0.2, 0.25) is 0 Å². The number of amides is 2. The zero-order valence-electron chi connectivity index (χ0n) is 17.6. The minimum Gasteiger partial charge on any atom is -0.355 e. The third kappa shape index (κ3) is 4.35. The van der Waals surface area contributed by atoms with E-state index >= 15 is 0 Å². The summed E-state index contributed by atoms with van der Waals surface area (Å²) in [6.07, 6.45) is 4.86. The zero-order valence-corrected chi connectivity index (χ0v) is 17.6. The van der Waals surface area contributed by atoms with Crippen LogP contribution in [0.1, 0.15) is 26.7 Å². The molecule has 1 saturated heterocycles. The predicted molar refractivity (Wildman–Crippen MR) is 120 cm³/mol. The maximum atomic E-state index is 13.2. The van der Waals surface area contributed by atoms with Crippen LogP contribution in [0, 0.1) is 11.7 Å². The number of rotatable bonds is 5. The Kier molecular flexibility index (Phi) is 5.84. The first-order valence-electron chi connectivity index (χ1n) is 10.4. The van der Waals surface area contributed by atoms with Crippen LogP contribution < -0.4 is 10.6 Å². The molecule has 0 spiro atoms. The Hall–Kier alpha value is -3.48. The molecule has 1 aromatic heterocycles.